The molecule has 2 aromatic heterocycles. The van der Waals surface area contributed by atoms with Crippen LogP contribution in [0.25, 0.3) is 0 Å². The fourth-order valence-electron chi connectivity index (χ4n) is 3.65. The van der Waals surface area contributed by atoms with Gasteiger partial charge in [-0.1, -0.05) is 0 Å². The number of aryl methyl sites for hydroxylation is 1. The van der Waals surface area contributed by atoms with Gasteiger partial charge in [-0.2, -0.15) is 0 Å². The molecule has 1 N–H and O–H groups in total. The van der Waals surface area contributed by atoms with Crippen LogP contribution in [0.15, 0.2) is 22.5 Å². The number of hydrogen-bond donors (Lipinski definition) is 1. The van der Waals surface area contributed by atoms with E-state index in [9.17, 15) is 0 Å². The van der Waals surface area contributed by atoms with Gasteiger partial charge in [0.05, 0.1) is 5.00 Å². The molecule has 1 saturated heterocycles. The van der Waals surface area contributed by atoms with E-state index in [1.165, 1.54) is 17.8 Å². The highest BCUT2D eigenvalue weighted by atomic mass is 32.1. The van der Waals surface area contributed by atoms with Crippen LogP contribution in [0, 0.1) is 0 Å². The number of guanidine groups is 1. The summed E-state index contributed by atoms with van der Waals surface area (Å²) in [6.45, 7) is 8.67. The highest BCUT2D eigenvalue weighted by Crippen LogP contribution is 2.22. The van der Waals surface area contributed by atoms with Crippen LogP contribution in [0.4, 0.5) is 5.00 Å². The molecule has 0 bridgehead atoms. The highest BCUT2D eigenvalue weighted by molar-refractivity contribution is 7.14. The van der Waals surface area contributed by atoms with Crippen LogP contribution >= 0.6 is 11.3 Å². The summed E-state index contributed by atoms with van der Waals surface area (Å²) in [4.78, 5) is 9.69. The van der Waals surface area contributed by atoms with Crippen molar-refractivity contribution in [3.63, 3.8) is 0 Å². The van der Waals surface area contributed by atoms with Gasteiger partial charge in [0.15, 0.2) is 11.8 Å². The van der Waals surface area contributed by atoms with Crippen molar-refractivity contribution in [1.82, 2.24) is 25.0 Å². The van der Waals surface area contributed by atoms with Crippen LogP contribution in [0.3, 0.4) is 0 Å². The van der Waals surface area contributed by atoms with Crippen molar-refractivity contribution in [3.05, 3.63) is 29.2 Å². The lowest BCUT2D eigenvalue weighted by molar-refractivity contribution is 0.373. The second-order valence-corrected chi connectivity index (χ2v) is 7.66. The largest absolute Gasteiger partial charge is 0.360 e. The van der Waals surface area contributed by atoms with E-state index in [1.54, 1.807) is 0 Å². The monoisotopic (exact) mass is 373 g/mol. The van der Waals surface area contributed by atoms with Gasteiger partial charge in [-0.3, -0.25) is 0 Å². The van der Waals surface area contributed by atoms with E-state index >= 15 is 0 Å². The zero-order valence-corrected chi connectivity index (χ0v) is 16.2. The van der Waals surface area contributed by atoms with Crippen LogP contribution in [-0.2, 0) is 19.5 Å². The molecule has 0 radical (unpaired) electrons. The summed E-state index contributed by atoms with van der Waals surface area (Å²) in [6, 6.07) is 4.32. The van der Waals surface area contributed by atoms with Gasteiger partial charge in [-0.05, 0) is 37.3 Å². The van der Waals surface area contributed by atoms with Gasteiger partial charge >= 0.3 is 0 Å². The number of nitrogens with zero attached hydrogens (tertiary/aromatic N) is 6. The molecule has 0 aromatic carbocycles. The van der Waals surface area contributed by atoms with Gasteiger partial charge in [0.1, 0.15) is 12.4 Å². The third-order valence-electron chi connectivity index (χ3n) is 5.04. The lowest BCUT2D eigenvalue weighted by atomic mass is 10.2. The van der Waals surface area contributed by atoms with Gasteiger partial charge in [-0.25, -0.2) is 4.99 Å². The molecule has 4 heterocycles. The number of hydrogen-bond acceptors (Lipinski definition) is 5. The molecule has 0 saturated carbocycles. The number of rotatable bonds is 4. The summed E-state index contributed by atoms with van der Waals surface area (Å²) in [5.74, 6) is 3.11. The highest BCUT2D eigenvalue weighted by Gasteiger charge is 2.21. The molecule has 0 aliphatic carbocycles. The zero-order chi connectivity index (χ0) is 17.8. The fraction of sp³-hybridized carbons (Fsp3) is 0.611. The first-order chi connectivity index (χ1) is 12.8. The Balaban J connectivity index is 1.41. The van der Waals surface area contributed by atoms with Crippen LogP contribution in [0.2, 0.25) is 0 Å². The minimum Gasteiger partial charge on any atom is -0.360 e. The second-order valence-electron chi connectivity index (χ2n) is 6.74. The fourth-order valence-corrected chi connectivity index (χ4v) is 4.43. The van der Waals surface area contributed by atoms with E-state index in [0.29, 0.717) is 6.54 Å². The third kappa shape index (κ3) is 3.70. The number of nitrogens with one attached hydrogen (secondary N) is 1. The number of fused-ring (bicyclic) bond motifs is 1. The van der Waals surface area contributed by atoms with E-state index in [4.69, 9.17) is 4.99 Å². The minimum atomic E-state index is 0.598. The van der Waals surface area contributed by atoms with Crippen LogP contribution in [0.1, 0.15) is 31.4 Å². The lowest BCUT2D eigenvalue weighted by Crippen LogP contribution is -2.52. The average molecular weight is 374 g/mol. The number of piperazine rings is 1. The van der Waals surface area contributed by atoms with Crippen molar-refractivity contribution in [2.45, 2.75) is 39.3 Å². The molecule has 26 heavy (non-hydrogen) atoms. The summed E-state index contributed by atoms with van der Waals surface area (Å²) in [5, 5.41) is 15.7. The summed E-state index contributed by atoms with van der Waals surface area (Å²) in [6.07, 6.45) is 3.48. The molecule has 2 aromatic rings. The predicted molar refractivity (Wildman–Crippen MR) is 106 cm³/mol. The Labute approximate surface area is 158 Å². The Bertz CT molecular complexity index is 729. The smallest absolute Gasteiger partial charge is 0.194 e. The first-order valence-corrected chi connectivity index (χ1v) is 10.5. The van der Waals surface area contributed by atoms with Crippen molar-refractivity contribution in [2.24, 2.45) is 4.99 Å². The second kappa shape index (κ2) is 8.07. The maximum atomic E-state index is 4.87. The average Bonchev–Trinajstić information content (AvgIpc) is 3.36. The maximum Gasteiger partial charge on any atom is 0.194 e. The van der Waals surface area contributed by atoms with Gasteiger partial charge in [0.25, 0.3) is 0 Å². The van der Waals surface area contributed by atoms with Crippen molar-refractivity contribution < 1.29 is 0 Å². The summed E-state index contributed by atoms with van der Waals surface area (Å²) < 4.78 is 2.26. The SMILES string of the molecule is CCNC(=NCc1nnc2n1CCCC2)N1CCN(c2cccs2)CC1. The molecule has 140 valence electrons. The van der Waals surface area contributed by atoms with E-state index in [1.807, 2.05) is 11.3 Å². The summed E-state index contributed by atoms with van der Waals surface area (Å²) in [5.41, 5.74) is 0. The first kappa shape index (κ1) is 17.3. The molecule has 0 spiro atoms. The van der Waals surface area contributed by atoms with Crippen molar-refractivity contribution >= 4 is 22.3 Å². The van der Waals surface area contributed by atoms with Gasteiger partial charge in [0, 0.05) is 45.7 Å². The number of thiophene rings is 1. The number of anilines is 1. The molecule has 0 unspecified atom stereocenters. The zero-order valence-electron chi connectivity index (χ0n) is 15.4. The Morgan fingerprint density at radius 1 is 1.19 bits per heavy atom. The molecule has 8 heteroatoms. The molecule has 1 fully saturated rings. The summed E-state index contributed by atoms with van der Waals surface area (Å²) in [7, 11) is 0. The van der Waals surface area contributed by atoms with Gasteiger partial charge < -0.3 is 19.7 Å². The molecule has 7 nitrogen and oxygen atoms in total. The van der Waals surface area contributed by atoms with Crippen LogP contribution in [0.5, 0.6) is 0 Å². The molecular formula is C18H27N7S. The number of aromatic nitrogens is 3. The first-order valence-electron chi connectivity index (χ1n) is 9.58. The standard InChI is InChI=1S/C18H27N7S/c1-2-19-18(20-14-16-22-21-15-6-3-4-8-25(15)16)24-11-9-23(10-12-24)17-7-5-13-26-17/h5,7,13H,2-4,6,8-12,14H2,1H3,(H,19,20). The Morgan fingerprint density at radius 3 is 2.85 bits per heavy atom. The maximum absolute atomic E-state index is 4.87. The minimum absolute atomic E-state index is 0.598. The Hall–Kier alpha value is -2.09. The van der Waals surface area contributed by atoms with Crippen molar-refractivity contribution in [1.29, 1.82) is 0 Å². The van der Waals surface area contributed by atoms with Gasteiger partial charge in [-0.15, -0.1) is 21.5 Å². The quantitative estimate of drug-likeness (QED) is 0.656. The van der Waals surface area contributed by atoms with Crippen molar-refractivity contribution in [2.75, 3.05) is 37.6 Å². The Morgan fingerprint density at radius 2 is 2.08 bits per heavy atom. The molecular weight excluding hydrogens is 346 g/mol. The van der Waals surface area contributed by atoms with Crippen LogP contribution in [-0.4, -0.2) is 58.3 Å². The topological polar surface area (TPSA) is 61.6 Å². The van der Waals surface area contributed by atoms with E-state index in [2.05, 4.69) is 54.3 Å². The van der Waals surface area contributed by atoms with E-state index in [0.717, 1.165) is 63.3 Å². The predicted octanol–water partition coefficient (Wildman–Crippen LogP) is 1.96. The summed E-state index contributed by atoms with van der Waals surface area (Å²) >= 11 is 1.81. The molecule has 0 atom stereocenters. The van der Waals surface area contributed by atoms with Gasteiger partial charge in [0.2, 0.25) is 0 Å². The molecule has 0 amide bonds. The van der Waals surface area contributed by atoms with E-state index < -0.39 is 0 Å². The molecule has 2 aliphatic rings. The van der Waals surface area contributed by atoms with Crippen LogP contribution < -0.4 is 10.2 Å². The Kier molecular flexibility index (Phi) is 5.38. The normalized spacial score (nSPS) is 18.1. The van der Waals surface area contributed by atoms with Crippen molar-refractivity contribution in [3.8, 4) is 0 Å². The lowest BCUT2D eigenvalue weighted by Gasteiger charge is -2.37. The molecule has 4 rings (SSSR count). The number of aliphatic imine (C=N–C) groups is 1. The molecule has 2 aliphatic heterocycles. The third-order valence-corrected chi connectivity index (χ3v) is 5.97. The van der Waals surface area contributed by atoms with E-state index in [-0.39, 0.29) is 0 Å².